The van der Waals surface area contributed by atoms with Crippen molar-refractivity contribution in [3.8, 4) is 0 Å². The zero-order valence-corrected chi connectivity index (χ0v) is 9.16. The van der Waals surface area contributed by atoms with Crippen LogP contribution in [-0.4, -0.2) is 41.8 Å². The summed E-state index contributed by atoms with van der Waals surface area (Å²) < 4.78 is 5.51. The van der Waals surface area contributed by atoms with E-state index in [9.17, 15) is 4.79 Å². The fourth-order valence-electron chi connectivity index (χ4n) is 2.73. The molecular formula is C11H18N2O2. The highest BCUT2D eigenvalue weighted by Crippen LogP contribution is 2.41. The summed E-state index contributed by atoms with van der Waals surface area (Å²) >= 11 is 0. The summed E-state index contributed by atoms with van der Waals surface area (Å²) in [6.07, 6.45) is 4.34. The predicted octanol–water partition coefficient (Wildman–Crippen LogP) is 0.476. The lowest BCUT2D eigenvalue weighted by molar-refractivity contribution is -0.134. The molecule has 2 unspecified atom stereocenters. The van der Waals surface area contributed by atoms with Crippen molar-refractivity contribution in [3.05, 3.63) is 0 Å². The van der Waals surface area contributed by atoms with Crippen LogP contribution in [0.4, 0.5) is 0 Å². The number of carbonyl (C=O) groups is 1. The number of carbonyl (C=O) groups excluding carboxylic acids is 1. The largest absolute Gasteiger partial charge is 0.378 e. The van der Waals surface area contributed by atoms with E-state index in [-0.39, 0.29) is 5.54 Å². The van der Waals surface area contributed by atoms with E-state index in [0.717, 1.165) is 39.0 Å². The average molecular weight is 210 g/mol. The van der Waals surface area contributed by atoms with Crippen LogP contribution in [0.5, 0.6) is 0 Å². The molecule has 1 N–H and O–H groups in total. The van der Waals surface area contributed by atoms with Crippen molar-refractivity contribution in [2.24, 2.45) is 0 Å². The molecule has 0 aromatic rings. The quantitative estimate of drug-likeness (QED) is 0.684. The molecular weight excluding hydrogens is 192 g/mol. The Labute approximate surface area is 90.0 Å². The third kappa shape index (κ3) is 1.47. The molecule has 2 heterocycles. The lowest BCUT2D eigenvalue weighted by Crippen LogP contribution is -2.44. The molecule has 3 rings (SSSR count). The summed E-state index contributed by atoms with van der Waals surface area (Å²) in [6.45, 7) is 3.63. The molecule has 0 aromatic carbocycles. The second-order valence-electron chi connectivity index (χ2n) is 5.05. The van der Waals surface area contributed by atoms with Crippen LogP contribution in [0.15, 0.2) is 0 Å². The third-order valence-corrected chi connectivity index (χ3v) is 3.91. The Kier molecular flexibility index (Phi) is 2.04. The molecule has 0 bridgehead atoms. The Bertz CT molecular complexity index is 288. The van der Waals surface area contributed by atoms with Gasteiger partial charge in [0.1, 0.15) is 0 Å². The van der Waals surface area contributed by atoms with Crippen molar-refractivity contribution in [1.82, 2.24) is 10.2 Å². The lowest BCUT2D eigenvalue weighted by atomic mass is 10.0. The van der Waals surface area contributed by atoms with Crippen LogP contribution in [0.2, 0.25) is 0 Å². The van der Waals surface area contributed by atoms with Crippen LogP contribution in [0.3, 0.4) is 0 Å². The Morgan fingerprint density at radius 1 is 1.53 bits per heavy atom. The molecule has 1 aliphatic carbocycles. The molecule has 15 heavy (non-hydrogen) atoms. The van der Waals surface area contributed by atoms with E-state index in [1.54, 1.807) is 0 Å². The fraction of sp³-hybridized carbons (Fsp3) is 0.909. The fourth-order valence-corrected chi connectivity index (χ4v) is 2.73. The zero-order valence-electron chi connectivity index (χ0n) is 9.16. The molecule has 1 amide bonds. The molecule has 1 saturated carbocycles. The number of hydrogen-bond donors (Lipinski definition) is 1. The second kappa shape index (κ2) is 3.19. The van der Waals surface area contributed by atoms with Crippen molar-refractivity contribution >= 4 is 5.91 Å². The maximum atomic E-state index is 12.1. The summed E-state index contributed by atoms with van der Waals surface area (Å²) in [4.78, 5) is 14.2. The van der Waals surface area contributed by atoms with Gasteiger partial charge in [0.25, 0.3) is 0 Å². The van der Waals surface area contributed by atoms with E-state index in [0.29, 0.717) is 18.1 Å². The number of nitrogens with zero attached hydrogens (tertiary/aromatic N) is 1. The Hall–Kier alpha value is -0.610. The van der Waals surface area contributed by atoms with Crippen LogP contribution in [-0.2, 0) is 9.53 Å². The lowest BCUT2D eigenvalue weighted by Gasteiger charge is -2.33. The minimum atomic E-state index is -0.137. The number of ether oxygens (including phenoxy) is 1. The predicted molar refractivity (Wildman–Crippen MR) is 55.2 cm³/mol. The standard InChI is InChI=1S/C11H18N2O2/c1-8-6-9(2-5-15-8)13-7-12-11(3-4-11)10(13)14/h8-9,12H,2-7H2,1H3. The first-order valence-electron chi connectivity index (χ1n) is 5.89. The van der Waals surface area contributed by atoms with E-state index in [1.807, 2.05) is 4.90 Å². The van der Waals surface area contributed by atoms with Gasteiger partial charge in [0, 0.05) is 12.6 Å². The normalized spacial score (nSPS) is 38.7. The van der Waals surface area contributed by atoms with Gasteiger partial charge in [-0.3, -0.25) is 10.1 Å². The minimum Gasteiger partial charge on any atom is -0.378 e. The number of amides is 1. The molecule has 2 aliphatic heterocycles. The first-order valence-corrected chi connectivity index (χ1v) is 5.89. The van der Waals surface area contributed by atoms with Gasteiger partial charge in [0.05, 0.1) is 18.3 Å². The molecule has 2 saturated heterocycles. The van der Waals surface area contributed by atoms with Gasteiger partial charge < -0.3 is 9.64 Å². The van der Waals surface area contributed by atoms with Crippen LogP contribution in [0.25, 0.3) is 0 Å². The smallest absolute Gasteiger partial charge is 0.244 e. The maximum absolute atomic E-state index is 12.1. The van der Waals surface area contributed by atoms with Gasteiger partial charge in [-0.25, -0.2) is 0 Å². The van der Waals surface area contributed by atoms with Crippen LogP contribution >= 0.6 is 0 Å². The zero-order chi connectivity index (χ0) is 10.5. The first kappa shape index (κ1) is 9.60. The highest BCUT2D eigenvalue weighted by Gasteiger charge is 2.56. The Balaban J connectivity index is 1.69. The highest BCUT2D eigenvalue weighted by molar-refractivity contribution is 5.91. The van der Waals surface area contributed by atoms with Crippen molar-refractivity contribution in [1.29, 1.82) is 0 Å². The van der Waals surface area contributed by atoms with Gasteiger partial charge >= 0.3 is 0 Å². The van der Waals surface area contributed by atoms with Crippen molar-refractivity contribution in [2.75, 3.05) is 13.3 Å². The van der Waals surface area contributed by atoms with Gasteiger partial charge in [-0.2, -0.15) is 0 Å². The van der Waals surface area contributed by atoms with Gasteiger partial charge in [-0.15, -0.1) is 0 Å². The Morgan fingerprint density at radius 2 is 2.33 bits per heavy atom. The summed E-state index contributed by atoms with van der Waals surface area (Å²) in [5.41, 5.74) is -0.137. The summed E-state index contributed by atoms with van der Waals surface area (Å²) in [6, 6.07) is 0.397. The number of hydrogen-bond acceptors (Lipinski definition) is 3. The summed E-state index contributed by atoms with van der Waals surface area (Å²) in [7, 11) is 0. The molecule has 84 valence electrons. The van der Waals surface area contributed by atoms with Gasteiger partial charge in [0.15, 0.2) is 0 Å². The molecule has 2 atom stereocenters. The number of nitrogens with one attached hydrogen (secondary N) is 1. The van der Waals surface area contributed by atoms with Crippen LogP contribution < -0.4 is 5.32 Å². The monoisotopic (exact) mass is 210 g/mol. The van der Waals surface area contributed by atoms with Gasteiger partial charge in [-0.1, -0.05) is 0 Å². The van der Waals surface area contributed by atoms with Crippen molar-refractivity contribution in [3.63, 3.8) is 0 Å². The van der Waals surface area contributed by atoms with Crippen molar-refractivity contribution in [2.45, 2.75) is 50.3 Å². The SMILES string of the molecule is CC1CC(N2CNC3(CC3)C2=O)CCO1. The van der Waals surface area contributed by atoms with Crippen molar-refractivity contribution < 1.29 is 9.53 Å². The van der Waals surface area contributed by atoms with E-state index < -0.39 is 0 Å². The van der Waals surface area contributed by atoms with Gasteiger partial charge in [0.2, 0.25) is 5.91 Å². The molecule has 0 aromatic heterocycles. The average Bonchev–Trinajstić information content (AvgIpc) is 2.92. The van der Waals surface area contributed by atoms with Gasteiger partial charge in [-0.05, 0) is 32.6 Å². The van der Waals surface area contributed by atoms with E-state index in [1.165, 1.54) is 0 Å². The Morgan fingerprint density at radius 3 is 2.93 bits per heavy atom. The third-order valence-electron chi connectivity index (χ3n) is 3.91. The van der Waals surface area contributed by atoms with Crippen LogP contribution in [0, 0.1) is 0 Å². The molecule has 3 aliphatic rings. The number of rotatable bonds is 1. The summed E-state index contributed by atoms with van der Waals surface area (Å²) in [5.74, 6) is 0.335. The molecule has 4 heteroatoms. The maximum Gasteiger partial charge on any atom is 0.244 e. The highest BCUT2D eigenvalue weighted by atomic mass is 16.5. The topological polar surface area (TPSA) is 41.6 Å². The molecule has 1 spiro atoms. The second-order valence-corrected chi connectivity index (χ2v) is 5.05. The van der Waals surface area contributed by atoms with E-state index in [4.69, 9.17) is 4.74 Å². The molecule has 0 radical (unpaired) electrons. The molecule has 4 nitrogen and oxygen atoms in total. The van der Waals surface area contributed by atoms with E-state index >= 15 is 0 Å². The summed E-state index contributed by atoms with van der Waals surface area (Å²) in [5, 5.41) is 3.35. The molecule has 3 fully saturated rings. The van der Waals surface area contributed by atoms with E-state index in [2.05, 4.69) is 12.2 Å². The first-order chi connectivity index (χ1) is 7.21. The minimum absolute atomic E-state index is 0.137. The van der Waals surface area contributed by atoms with Crippen LogP contribution in [0.1, 0.15) is 32.6 Å².